The third kappa shape index (κ3) is 5.25. The molecular weight excluding hydrogens is 725 g/mol. The summed E-state index contributed by atoms with van der Waals surface area (Å²) in [6, 6.07) is 51.2. The summed E-state index contributed by atoms with van der Waals surface area (Å²) in [6.07, 6.45) is 19.2. The normalized spacial score (nSPS) is 16.2. The third-order valence-electron chi connectivity index (χ3n) is 12.5. The average Bonchev–Trinajstić information content (AvgIpc) is 3.97. The van der Waals surface area contributed by atoms with Gasteiger partial charge >= 0.3 is 0 Å². The molecule has 0 saturated heterocycles. The van der Waals surface area contributed by atoms with E-state index in [1.54, 1.807) is 0 Å². The summed E-state index contributed by atoms with van der Waals surface area (Å²) >= 11 is 1.90. The number of furan rings is 1. The summed E-state index contributed by atoms with van der Waals surface area (Å²) in [5.74, 6) is 0. The molecule has 3 heterocycles. The Hall–Kier alpha value is -6.62. The molecular formula is C54H40N2OS. The first-order chi connectivity index (χ1) is 28.8. The Labute approximate surface area is 341 Å². The number of allylic oxidation sites excluding steroid dienone is 3. The number of anilines is 1. The molecule has 9 aromatic rings. The Kier molecular flexibility index (Phi) is 7.80. The molecule has 0 N–H and O–H groups in total. The Morgan fingerprint density at radius 3 is 2.33 bits per heavy atom. The van der Waals surface area contributed by atoms with E-state index in [0.29, 0.717) is 0 Å². The highest BCUT2D eigenvalue weighted by Crippen LogP contribution is 2.43. The minimum atomic E-state index is 0.100. The van der Waals surface area contributed by atoms with E-state index in [-0.39, 0.29) is 6.04 Å². The van der Waals surface area contributed by atoms with Gasteiger partial charge in [-0.15, -0.1) is 11.3 Å². The van der Waals surface area contributed by atoms with Crippen molar-refractivity contribution in [3.8, 4) is 16.8 Å². The molecule has 6 aromatic carbocycles. The molecule has 4 heteroatoms. The van der Waals surface area contributed by atoms with Crippen molar-refractivity contribution in [1.82, 2.24) is 4.57 Å². The van der Waals surface area contributed by atoms with Gasteiger partial charge in [-0.1, -0.05) is 134 Å². The summed E-state index contributed by atoms with van der Waals surface area (Å²) in [6.45, 7) is 0. The predicted molar refractivity (Wildman–Crippen MR) is 246 cm³/mol. The molecule has 3 nitrogen and oxygen atoms in total. The number of thiophene rings is 1. The van der Waals surface area contributed by atoms with E-state index in [9.17, 15) is 0 Å². The van der Waals surface area contributed by atoms with E-state index in [2.05, 4.69) is 185 Å². The van der Waals surface area contributed by atoms with Gasteiger partial charge in [0.1, 0.15) is 5.58 Å². The minimum absolute atomic E-state index is 0.100. The monoisotopic (exact) mass is 764 g/mol. The van der Waals surface area contributed by atoms with Gasteiger partial charge in [-0.25, -0.2) is 0 Å². The van der Waals surface area contributed by atoms with Crippen molar-refractivity contribution >= 4 is 82.5 Å². The van der Waals surface area contributed by atoms with E-state index in [1.807, 2.05) is 11.3 Å². The Morgan fingerprint density at radius 1 is 0.638 bits per heavy atom. The van der Waals surface area contributed by atoms with Crippen molar-refractivity contribution < 1.29 is 4.42 Å². The van der Waals surface area contributed by atoms with Gasteiger partial charge < -0.3 is 13.9 Å². The quantitative estimate of drug-likeness (QED) is 0.168. The highest BCUT2D eigenvalue weighted by Gasteiger charge is 2.28. The van der Waals surface area contributed by atoms with Crippen LogP contribution in [-0.2, 0) is 6.42 Å². The summed E-state index contributed by atoms with van der Waals surface area (Å²) in [5.41, 5.74) is 14.7. The number of hydrogen-bond acceptors (Lipinski definition) is 3. The van der Waals surface area contributed by atoms with Crippen LogP contribution >= 0.6 is 11.3 Å². The van der Waals surface area contributed by atoms with E-state index < -0.39 is 0 Å². The highest BCUT2D eigenvalue weighted by molar-refractivity contribution is 7.26. The number of para-hydroxylation sites is 2. The van der Waals surface area contributed by atoms with Crippen LogP contribution in [0.15, 0.2) is 168 Å². The smallest absolute Gasteiger partial charge is 0.154 e. The number of nitrogens with zero attached hydrogens (tertiary/aromatic N) is 2. The van der Waals surface area contributed by atoms with Crippen LogP contribution in [0.3, 0.4) is 0 Å². The third-order valence-corrected chi connectivity index (χ3v) is 13.7. The molecule has 0 bridgehead atoms. The fourth-order valence-corrected chi connectivity index (χ4v) is 11.1. The number of benzene rings is 6. The molecule has 0 spiro atoms. The summed E-state index contributed by atoms with van der Waals surface area (Å²) < 4.78 is 11.9. The zero-order valence-corrected chi connectivity index (χ0v) is 32.9. The van der Waals surface area contributed by atoms with Crippen LogP contribution in [0.2, 0.25) is 0 Å². The Morgan fingerprint density at radius 2 is 1.43 bits per heavy atom. The molecule has 3 aromatic heterocycles. The molecule has 3 aliphatic rings. The maximum atomic E-state index is 6.79. The number of rotatable bonds is 6. The van der Waals surface area contributed by atoms with Gasteiger partial charge in [0.25, 0.3) is 0 Å². The summed E-state index contributed by atoms with van der Waals surface area (Å²) in [4.78, 5) is 2.60. The number of fused-ring (bicyclic) bond motifs is 9. The molecule has 3 aliphatic carbocycles. The molecule has 0 saturated carbocycles. The van der Waals surface area contributed by atoms with Gasteiger partial charge in [0.05, 0.1) is 17.3 Å². The lowest BCUT2D eigenvalue weighted by atomic mass is 9.89. The topological polar surface area (TPSA) is 21.3 Å². The number of hydrogen-bond donors (Lipinski definition) is 0. The number of aryl methyl sites for hydroxylation is 1. The van der Waals surface area contributed by atoms with Crippen molar-refractivity contribution in [3.05, 3.63) is 191 Å². The van der Waals surface area contributed by atoms with Crippen LogP contribution in [0, 0.1) is 0 Å². The van der Waals surface area contributed by atoms with Gasteiger partial charge in [0.2, 0.25) is 0 Å². The van der Waals surface area contributed by atoms with Gasteiger partial charge in [-0.05, 0) is 96.8 Å². The standard InChI is InChI=1S/C54H40N2OS/c1-2-14-36(15-3-1)56-48-24-9-6-18-41(48)42-33-32-38(34-50(42)56)55(49-25-13-21-45-43-19-7-10-26-51(43)57-53(45)49)37-30-28-35(29-31-37)39-16-4-5-17-40(39)46-22-12-23-47-44-20-8-11-27-52(44)58-54(46)47/h1-5,7-12,14-17,19-24,26-30,32-34,37H,6,13,18,25,31H2. The summed E-state index contributed by atoms with van der Waals surface area (Å²) in [7, 11) is 0. The zero-order chi connectivity index (χ0) is 38.2. The van der Waals surface area contributed by atoms with Gasteiger partial charge in [0.15, 0.2) is 5.42 Å². The van der Waals surface area contributed by atoms with Crippen LogP contribution in [0.5, 0.6) is 0 Å². The lowest BCUT2D eigenvalue weighted by molar-refractivity contribution is 0.562. The van der Waals surface area contributed by atoms with Crippen LogP contribution in [-0.4, -0.2) is 10.6 Å². The fraction of sp³-hybridized carbons (Fsp3) is 0.111. The van der Waals surface area contributed by atoms with Crippen molar-refractivity contribution in [2.45, 2.75) is 38.1 Å². The second-order valence-corrected chi connectivity index (χ2v) is 16.8. The minimum Gasteiger partial charge on any atom is -0.454 e. The molecule has 58 heavy (non-hydrogen) atoms. The van der Waals surface area contributed by atoms with Crippen molar-refractivity contribution in [3.63, 3.8) is 0 Å². The second kappa shape index (κ2) is 13.5. The van der Waals surface area contributed by atoms with Gasteiger partial charge in [-0.3, -0.25) is 0 Å². The predicted octanol–water partition coefficient (Wildman–Crippen LogP) is 13.0. The largest absolute Gasteiger partial charge is 0.454 e. The molecule has 1 unspecified atom stereocenters. The van der Waals surface area contributed by atoms with Crippen molar-refractivity contribution in [1.29, 1.82) is 0 Å². The van der Waals surface area contributed by atoms with E-state index in [0.717, 1.165) is 43.1 Å². The first-order valence-corrected chi connectivity index (χ1v) is 21.4. The van der Waals surface area contributed by atoms with E-state index in [4.69, 9.17) is 4.42 Å². The molecule has 0 amide bonds. The highest BCUT2D eigenvalue weighted by atomic mass is 32.1. The summed E-state index contributed by atoms with van der Waals surface area (Å²) in [5, 5.41) is 6.41. The SMILES string of the molecule is C1=Cc2c(c3ccc(N(C4=c5oc6ccccc6c5=CCC4)C4C=CC(c5ccccc5-c5cccc6c5sc5ccccc56)=CC4)cc3n2-c2ccccc2)CC1. The molecule has 0 radical (unpaired) electrons. The van der Waals surface area contributed by atoms with Crippen LogP contribution < -0.4 is 15.5 Å². The van der Waals surface area contributed by atoms with Crippen LogP contribution in [0.1, 0.15) is 42.5 Å². The Bertz CT molecular complexity index is 3330. The maximum Gasteiger partial charge on any atom is 0.154 e. The van der Waals surface area contributed by atoms with E-state index >= 15 is 0 Å². The van der Waals surface area contributed by atoms with Crippen molar-refractivity contribution in [2.24, 2.45) is 0 Å². The molecule has 278 valence electrons. The van der Waals surface area contributed by atoms with Gasteiger partial charge in [-0.2, -0.15) is 0 Å². The fourth-order valence-electron chi connectivity index (χ4n) is 9.88. The molecule has 1 atom stereocenters. The molecule has 0 aliphatic heterocycles. The second-order valence-electron chi connectivity index (χ2n) is 15.7. The first-order valence-electron chi connectivity index (χ1n) is 20.6. The lowest BCUT2D eigenvalue weighted by Crippen LogP contribution is -2.40. The first kappa shape index (κ1) is 33.5. The molecule has 0 fully saturated rings. The maximum absolute atomic E-state index is 6.79. The van der Waals surface area contributed by atoms with Crippen molar-refractivity contribution in [2.75, 3.05) is 4.90 Å². The lowest BCUT2D eigenvalue weighted by Gasteiger charge is -2.35. The van der Waals surface area contributed by atoms with Crippen LogP contribution in [0.4, 0.5) is 5.69 Å². The molecule has 12 rings (SSSR count). The average molecular weight is 765 g/mol. The van der Waals surface area contributed by atoms with Gasteiger partial charge in [0, 0.05) is 58.8 Å². The van der Waals surface area contributed by atoms with E-state index in [1.165, 1.54) is 92.3 Å². The Balaban J connectivity index is 1.01. The number of aromatic nitrogens is 1. The van der Waals surface area contributed by atoms with Crippen LogP contribution in [0.25, 0.3) is 82.3 Å². The zero-order valence-electron chi connectivity index (χ0n) is 32.1.